The monoisotopic (exact) mass is 335 g/mol. The molecule has 24 heavy (non-hydrogen) atoms. The van der Waals surface area contributed by atoms with Crippen molar-refractivity contribution in [3.63, 3.8) is 0 Å². The third kappa shape index (κ3) is 5.98. The smallest absolute Gasteiger partial charge is 0.425 e. The number of carbonyl (C=O) groups is 2. The van der Waals surface area contributed by atoms with E-state index in [9.17, 15) is 9.59 Å². The molecular weight excluding hydrogens is 310 g/mol. The van der Waals surface area contributed by atoms with E-state index in [4.69, 9.17) is 9.47 Å². The molecule has 0 aromatic carbocycles. The van der Waals surface area contributed by atoms with Crippen molar-refractivity contribution in [3.05, 3.63) is 24.7 Å². The van der Waals surface area contributed by atoms with Crippen molar-refractivity contribution in [3.8, 4) is 0 Å². The summed E-state index contributed by atoms with van der Waals surface area (Å²) in [6, 6.07) is 1.43. The van der Waals surface area contributed by atoms with E-state index < -0.39 is 23.4 Å². The molecule has 2 amide bonds. The molecule has 1 aromatic heterocycles. The first-order chi connectivity index (χ1) is 10.8. The van der Waals surface area contributed by atoms with Gasteiger partial charge in [-0.1, -0.05) is 6.58 Å². The number of amides is 2. The summed E-state index contributed by atoms with van der Waals surface area (Å²) < 4.78 is 10.6. The van der Waals surface area contributed by atoms with Crippen molar-refractivity contribution in [2.24, 2.45) is 0 Å². The summed E-state index contributed by atoms with van der Waals surface area (Å²) in [5, 5.41) is 0. The van der Waals surface area contributed by atoms with Crippen LogP contribution in [0.2, 0.25) is 0 Å². The fraction of sp³-hybridized carbons (Fsp3) is 0.529. The van der Waals surface area contributed by atoms with Crippen LogP contribution in [-0.4, -0.2) is 33.4 Å². The van der Waals surface area contributed by atoms with Crippen LogP contribution in [0, 0.1) is 0 Å². The molecule has 0 unspecified atom stereocenters. The fourth-order valence-corrected chi connectivity index (χ4v) is 1.56. The molecule has 0 fully saturated rings. The largest absolute Gasteiger partial charge is 0.443 e. The van der Waals surface area contributed by atoms with Gasteiger partial charge in [-0.15, -0.1) is 0 Å². The van der Waals surface area contributed by atoms with Gasteiger partial charge in [0.25, 0.3) is 0 Å². The summed E-state index contributed by atoms with van der Waals surface area (Å²) in [6.45, 7) is 15.7. The minimum absolute atomic E-state index is 0.0616. The van der Waals surface area contributed by atoms with Gasteiger partial charge in [-0.3, -0.25) is 0 Å². The van der Waals surface area contributed by atoms with Gasteiger partial charge in [-0.25, -0.2) is 19.6 Å². The minimum atomic E-state index is -0.872. The second-order valence-electron chi connectivity index (χ2n) is 7.31. The lowest BCUT2D eigenvalue weighted by molar-refractivity contribution is 0.0429. The van der Waals surface area contributed by atoms with Crippen LogP contribution in [0.5, 0.6) is 0 Å². The number of allylic oxidation sites excluding steroid dienone is 1. The quantitative estimate of drug-likeness (QED) is 0.806. The Balaban J connectivity index is 3.27. The zero-order valence-corrected chi connectivity index (χ0v) is 15.3. The maximum Gasteiger partial charge on any atom is 0.425 e. The first-order valence-electron chi connectivity index (χ1n) is 7.55. The van der Waals surface area contributed by atoms with Gasteiger partial charge in [0.1, 0.15) is 11.2 Å². The molecule has 132 valence electrons. The van der Waals surface area contributed by atoms with Gasteiger partial charge in [-0.2, -0.15) is 4.90 Å². The van der Waals surface area contributed by atoms with E-state index in [1.54, 1.807) is 48.5 Å². The Morgan fingerprint density at radius 2 is 1.50 bits per heavy atom. The lowest BCUT2D eigenvalue weighted by Gasteiger charge is -2.28. The molecule has 1 heterocycles. The van der Waals surface area contributed by atoms with Crippen LogP contribution in [0.4, 0.5) is 15.4 Å². The number of hydrogen-bond donors (Lipinski definition) is 0. The summed E-state index contributed by atoms with van der Waals surface area (Å²) >= 11 is 0. The summed E-state index contributed by atoms with van der Waals surface area (Å²) in [7, 11) is 0. The molecule has 0 spiro atoms. The minimum Gasteiger partial charge on any atom is -0.443 e. The second kappa shape index (κ2) is 6.98. The molecule has 1 aromatic rings. The molecule has 7 nitrogen and oxygen atoms in total. The van der Waals surface area contributed by atoms with Crippen LogP contribution in [-0.2, 0) is 9.47 Å². The summed E-state index contributed by atoms with van der Waals surface area (Å²) in [4.78, 5) is 34.0. The zero-order chi connectivity index (χ0) is 18.7. The molecular formula is C17H25N3O4. The highest BCUT2D eigenvalue weighted by molar-refractivity contribution is 6.08. The lowest BCUT2D eigenvalue weighted by atomic mass is 10.2. The Hall–Kier alpha value is -2.44. The molecule has 0 radical (unpaired) electrons. The maximum absolute atomic E-state index is 12.5. The summed E-state index contributed by atoms with van der Waals surface area (Å²) in [6.07, 6.45) is -0.306. The van der Waals surface area contributed by atoms with E-state index in [-0.39, 0.29) is 5.82 Å². The Kier molecular flexibility index (Phi) is 5.71. The van der Waals surface area contributed by atoms with Crippen molar-refractivity contribution in [1.29, 1.82) is 0 Å². The van der Waals surface area contributed by atoms with Gasteiger partial charge in [0.15, 0.2) is 11.6 Å². The van der Waals surface area contributed by atoms with E-state index in [1.165, 1.54) is 12.3 Å². The van der Waals surface area contributed by atoms with Crippen LogP contribution in [0.25, 0.3) is 5.57 Å². The average Bonchev–Trinajstić information content (AvgIpc) is 2.34. The molecule has 0 bridgehead atoms. The number of nitrogens with zero attached hydrogens (tertiary/aromatic N) is 3. The van der Waals surface area contributed by atoms with Gasteiger partial charge < -0.3 is 9.47 Å². The van der Waals surface area contributed by atoms with Gasteiger partial charge in [-0.05, 0) is 54.0 Å². The second-order valence-corrected chi connectivity index (χ2v) is 7.31. The highest BCUT2D eigenvalue weighted by Crippen LogP contribution is 2.20. The Morgan fingerprint density at radius 3 is 1.88 bits per heavy atom. The summed E-state index contributed by atoms with van der Waals surface area (Å²) in [5.41, 5.74) is -0.950. The predicted molar refractivity (Wildman–Crippen MR) is 91.7 cm³/mol. The molecule has 0 saturated heterocycles. The van der Waals surface area contributed by atoms with Crippen LogP contribution >= 0.6 is 0 Å². The number of hydrogen-bond acceptors (Lipinski definition) is 6. The molecule has 0 aliphatic rings. The number of imide groups is 1. The van der Waals surface area contributed by atoms with Crippen molar-refractivity contribution in [2.45, 2.75) is 59.7 Å². The zero-order valence-electron chi connectivity index (χ0n) is 15.3. The fourth-order valence-electron chi connectivity index (χ4n) is 1.56. The summed E-state index contributed by atoms with van der Waals surface area (Å²) in [5.74, 6) is 0.385. The number of carbonyl (C=O) groups excluding carboxylic acids is 2. The van der Waals surface area contributed by atoms with E-state index in [0.29, 0.717) is 11.4 Å². The predicted octanol–water partition coefficient (Wildman–Crippen LogP) is 4.19. The molecule has 0 N–H and O–H groups in total. The van der Waals surface area contributed by atoms with Gasteiger partial charge in [0.2, 0.25) is 0 Å². The Morgan fingerprint density at radius 1 is 1.04 bits per heavy atom. The highest BCUT2D eigenvalue weighted by Gasteiger charge is 2.33. The normalized spacial score (nSPS) is 11.6. The van der Waals surface area contributed by atoms with Gasteiger partial charge >= 0.3 is 12.2 Å². The number of rotatable bonds is 2. The van der Waals surface area contributed by atoms with E-state index in [1.807, 2.05) is 0 Å². The average molecular weight is 335 g/mol. The third-order valence-corrected chi connectivity index (χ3v) is 2.40. The van der Waals surface area contributed by atoms with E-state index in [0.717, 1.165) is 4.90 Å². The van der Waals surface area contributed by atoms with Crippen molar-refractivity contribution in [2.75, 3.05) is 4.90 Å². The maximum atomic E-state index is 12.5. The number of aromatic nitrogens is 2. The van der Waals surface area contributed by atoms with Crippen molar-refractivity contribution >= 4 is 23.6 Å². The van der Waals surface area contributed by atoms with E-state index >= 15 is 0 Å². The first-order valence-corrected chi connectivity index (χ1v) is 7.55. The first kappa shape index (κ1) is 19.6. The standard InChI is InChI=1S/C17H25N3O4/c1-11(2)13-18-10-9-12(19-13)20(14(21)23-16(3,4)5)15(22)24-17(6,7)8/h9-10H,1H2,2-8H3. The van der Waals surface area contributed by atoms with Crippen LogP contribution in [0.3, 0.4) is 0 Å². The van der Waals surface area contributed by atoms with Crippen molar-refractivity contribution in [1.82, 2.24) is 9.97 Å². The molecule has 0 aliphatic heterocycles. The number of ether oxygens (including phenoxy) is 2. The van der Waals surface area contributed by atoms with Gasteiger partial charge in [0.05, 0.1) is 0 Å². The molecule has 7 heteroatoms. The van der Waals surface area contributed by atoms with E-state index in [2.05, 4.69) is 16.5 Å². The molecule has 0 saturated carbocycles. The Bertz CT molecular complexity index is 614. The highest BCUT2D eigenvalue weighted by atomic mass is 16.6. The van der Waals surface area contributed by atoms with Gasteiger partial charge in [0, 0.05) is 12.3 Å². The van der Waals surface area contributed by atoms with Crippen molar-refractivity contribution < 1.29 is 19.1 Å². The Labute approximate surface area is 142 Å². The van der Waals surface area contributed by atoms with Crippen LogP contribution < -0.4 is 4.90 Å². The molecule has 0 aliphatic carbocycles. The lowest BCUT2D eigenvalue weighted by Crippen LogP contribution is -2.44. The number of anilines is 1. The van der Waals surface area contributed by atoms with Crippen LogP contribution in [0.15, 0.2) is 18.8 Å². The molecule has 1 rings (SSSR count). The topological polar surface area (TPSA) is 81.6 Å². The molecule has 0 atom stereocenters. The van der Waals surface area contributed by atoms with Crippen LogP contribution in [0.1, 0.15) is 54.3 Å². The third-order valence-electron chi connectivity index (χ3n) is 2.40. The SMILES string of the molecule is C=C(C)c1nccc(N(C(=O)OC(C)(C)C)C(=O)OC(C)(C)C)n1.